The molecule has 0 N–H and O–H groups in total. The van der Waals surface area contributed by atoms with Gasteiger partial charge in [0.1, 0.15) is 0 Å². The van der Waals surface area contributed by atoms with Crippen molar-refractivity contribution in [3.05, 3.63) is 56.3 Å². The lowest BCUT2D eigenvalue weighted by Crippen LogP contribution is -1.98. The van der Waals surface area contributed by atoms with Gasteiger partial charge in [0.2, 0.25) is 0 Å². The molecule has 20 heavy (non-hydrogen) atoms. The lowest BCUT2D eigenvalue weighted by atomic mass is 9.97. The second-order valence-electron chi connectivity index (χ2n) is 5.55. The Bertz CT molecular complexity index is 590. The van der Waals surface area contributed by atoms with E-state index in [1.54, 1.807) is 10.4 Å². The monoisotopic (exact) mass is 348 g/mol. The average Bonchev–Trinajstić information content (AvgIpc) is 3.07. The molecule has 0 saturated heterocycles. The summed E-state index contributed by atoms with van der Waals surface area (Å²) in [5, 5.41) is 0. The lowest BCUT2D eigenvalue weighted by Gasteiger charge is -2.15. The number of benzene rings is 1. The van der Waals surface area contributed by atoms with E-state index in [9.17, 15) is 0 Å². The third-order valence-electron chi connectivity index (χ3n) is 4.29. The van der Waals surface area contributed by atoms with Gasteiger partial charge >= 0.3 is 0 Å². The summed E-state index contributed by atoms with van der Waals surface area (Å²) in [4.78, 5) is 3.46. The summed E-state index contributed by atoms with van der Waals surface area (Å²) in [6, 6.07) is 9.41. The van der Waals surface area contributed by atoms with E-state index >= 15 is 0 Å². The summed E-state index contributed by atoms with van der Waals surface area (Å²) < 4.78 is 0. The van der Waals surface area contributed by atoms with Crippen molar-refractivity contribution in [2.45, 2.75) is 50.8 Å². The zero-order chi connectivity index (χ0) is 14.1. The minimum Gasteiger partial charge on any atom is -0.144 e. The van der Waals surface area contributed by atoms with E-state index in [4.69, 9.17) is 0 Å². The van der Waals surface area contributed by atoms with Gasteiger partial charge in [-0.3, -0.25) is 0 Å². The number of fused-ring (bicyclic) bond motifs is 1. The lowest BCUT2D eigenvalue weighted by molar-refractivity contribution is 0.913. The maximum Gasteiger partial charge on any atom is 0.0741 e. The molecule has 2 aromatic rings. The van der Waals surface area contributed by atoms with Crippen LogP contribution < -0.4 is 0 Å². The molecule has 106 valence electrons. The highest BCUT2D eigenvalue weighted by atomic mass is 79.9. The van der Waals surface area contributed by atoms with Crippen molar-refractivity contribution in [1.82, 2.24) is 0 Å². The third kappa shape index (κ3) is 2.60. The molecule has 0 radical (unpaired) electrons. The molecule has 1 atom stereocenters. The standard InChI is InChI=1S/C18H21BrS/c1-3-12-8-9-13(4-2)15(10-12)18(19)17-11-14-6-5-7-16(14)20-17/h8-11,18H,3-7H2,1-2H3. The topological polar surface area (TPSA) is 0 Å². The highest BCUT2D eigenvalue weighted by Gasteiger charge is 2.21. The molecule has 1 aromatic carbocycles. The van der Waals surface area contributed by atoms with Crippen molar-refractivity contribution in [1.29, 1.82) is 0 Å². The maximum absolute atomic E-state index is 3.96. The predicted octanol–water partition coefficient (Wildman–Crippen LogP) is 5.85. The molecular weight excluding hydrogens is 328 g/mol. The summed E-state index contributed by atoms with van der Waals surface area (Å²) >= 11 is 5.97. The molecule has 0 nitrogen and oxygen atoms in total. The van der Waals surface area contributed by atoms with Crippen LogP contribution in [-0.4, -0.2) is 0 Å². The van der Waals surface area contributed by atoms with Crippen LogP contribution in [0, 0.1) is 0 Å². The van der Waals surface area contributed by atoms with Gasteiger partial charge in [0.15, 0.2) is 0 Å². The van der Waals surface area contributed by atoms with Gasteiger partial charge in [0.25, 0.3) is 0 Å². The summed E-state index contributed by atoms with van der Waals surface area (Å²) in [5.41, 5.74) is 5.97. The molecule has 0 amide bonds. The van der Waals surface area contributed by atoms with E-state index in [0.717, 1.165) is 12.8 Å². The van der Waals surface area contributed by atoms with Crippen molar-refractivity contribution in [2.24, 2.45) is 0 Å². The van der Waals surface area contributed by atoms with Crippen LogP contribution in [0.3, 0.4) is 0 Å². The number of hydrogen-bond donors (Lipinski definition) is 0. The molecule has 1 aliphatic carbocycles. The first kappa shape index (κ1) is 14.3. The summed E-state index contributed by atoms with van der Waals surface area (Å²) in [6.07, 6.45) is 6.13. The van der Waals surface area contributed by atoms with Crippen molar-refractivity contribution in [3.63, 3.8) is 0 Å². The van der Waals surface area contributed by atoms with E-state index in [2.05, 4.69) is 54.0 Å². The van der Waals surface area contributed by atoms with Gasteiger partial charge in [-0.2, -0.15) is 0 Å². The highest BCUT2D eigenvalue weighted by Crippen LogP contribution is 2.41. The first-order chi connectivity index (χ1) is 9.72. The second-order valence-corrected chi connectivity index (χ2v) is 7.64. The number of aryl methyl sites for hydroxylation is 4. The highest BCUT2D eigenvalue weighted by molar-refractivity contribution is 9.09. The van der Waals surface area contributed by atoms with Crippen molar-refractivity contribution in [3.8, 4) is 0 Å². The second kappa shape index (κ2) is 6.03. The summed E-state index contributed by atoms with van der Waals surface area (Å²) in [5.74, 6) is 0. The zero-order valence-electron chi connectivity index (χ0n) is 12.2. The Balaban J connectivity index is 1.97. The Morgan fingerprint density at radius 3 is 2.70 bits per heavy atom. The SMILES string of the molecule is CCc1ccc(CC)c(C(Br)c2cc3c(s2)CCC3)c1. The van der Waals surface area contributed by atoms with E-state index in [1.807, 2.05) is 11.3 Å². The molecule has 0 bridgehead atoms. The fourth-order valence-electron chi connectivity index (χ4n) is 3.05. The average molecular weight is 349 g/mol. The fraction of sp³-hybridized carbons (Fsp3) is 0.444. The van der Waals surface area contributed by atoms with Gasteiger partial charge in [-0.15, -0.1) is 11.3 Å². The van der Waals surface area contributed by atoms with Gasteiger partial charge < -0.3 is 0 Å². The van der Waals surface area contributed by atoms with E-state index in [0.29, 0.717) is 4.83 Å². The van der Waals surface area contributed by atoms with Crippen LogP contribution >= 0.6 is 27.3 Å². The van der Waals surface area contributed by atoms with Crippen LogP contribution in [0.25, 0.3) is 0 Å². The Hall–Kier alpha value is -0.600. The van der Waals surface area contributed by atoms with Crippen molar-refractivity contribution in [2.75, 3.05) is 0 Å². The largest absolute Gasteiger partial charge is 0.144 e. The number of halogens is 1. The fourth-order valence-corrected chi connectivity index (χ4v) is 5.15. The minimum absolute atomic E-state index is 0.361. The van der Waals surface area contributed by atoms with Crippen LogP contribution in [0.5, 0.6) is 0 Å². The number of thiophene rings is 1. The molecule has 3 rings (SSSR count). The molecule has 0 aliphatic heterocycles. The van der Waals surface area contributed by atoms with Gasteiger partial charge in [0, 0.05) is 9.75 Å². The van der Waals surface area contributed by atoms with Crippen LogP contribution in [0.15, 0.2) is 24.3 Å². The Morgan fingerprint density at radius 2 is 2.00 bits per heavy atom. The molecule has 1 unspecified atom stereocenters. The minimum atomic E-state index is 0.361. The van der Waals surface area contributed by atoms with E-state index < -0.39 is 0 Å². The molecule has 1 aromatic heterocycles. The molecule has 1 heterocycles. The van der Waals surface area contributed by atoms with Crippen molar-refractivity contribution >= 4 is 27.3 Å². The van der Waals surface area contributed by atoms with Crippen LogP contribution in [0.2, 0.25) is 0 Å². The maximum atomic E-state index is 3.96. The molecule has 0 fully saturated rings. The van der Waals surface area contributed by atoms with Gasteiger partial charge in [-0.1, -0.05) is 48.0 Å². The Labute approximate surface area is 134 Å². The molecule has 2 heteroatoms. The van der Waals surface area contributed by atoms with Crippen LogP contribution in [0.1, 0.15) is 57.1 Å². The number of rotatable bonds is 4. The quantitative estimate of drug-likeness (QED) is 0.608. The number of hydrogen-bond acceptors (Lipinski definition) is 1. The normalized spacial score (nSPS) is 15.3. The van der Waals surface area contributed by atoms with Gasteiger partial charge in [-0.05, 0) is 60.4 Å². The summed E-state index contributed by atoms with van der Waals surface area (Å²) in [6.45, 7) is 4.48. The third-order valence-corrected chi connectivity index (χ3v) is 6.88. The molecule has 0 spiro atoms. The molecular formula is C18H21BrS. The first-order valence-electron chi connectivity index (χ1n) is 7.60. The van der Waals surface area contributed by atoms with E-state index in [1.165, 1.54) is 40.8 Å². The Morgan fingerprint density at radius 1 is 1.15 bits per heavy atom. The zero-order valence-corrected chi connectivity index (χ0v) is 14.6. The van der Waals surface area contributed by atoms with Crippen LogP contribution in [0.4, 0.5) is 0 Å². The smallest absolute Gasteiger partial charge is 0.0741 e. The van der Waals surface area contributed by atoms with Gasteiger partial charge in [-0.25, -0.2) is 0 Å². The Kier molecular flexibility index (Phi) is 4.32. The first-order valence-corrected chi connectivity index (χ1v) is 9.33. The number of alkyl halides is 1. The molecule has 1 aliphatic rings. The predicted molar refractivity (Wildman–Crippen MR) is 92.3 cm³/mol. The summed E-state index contributed by atoms with van der Waals surface area (Å²) in [7, 11) is 0. The van der Waals surface area contributed by atoms with Crippen LogP contribution in [-0.2, 0) is 25.7 Å². The van der Waals surface area contributed by atoms with Gasteiger partial charge in [0.05, 0.1) is 4.83 Å². The van der Waals surface area contributed by atoms with E-state index in [-0.39, 0.29) is 0 Å². The molecule has 0 saturated carbocycles. The van der Waals surface area contributed by atoms with Crippen molar-refractivity contribution < 1.29 is 0 Å².